The van der Waals surface area contributed by atoms with Crippen LogP contribution in [0, 0.1) is 23.2 Å². The van der Waals surface area contributed by atoms with Crippen molar-refractivity contribution in [3.8, 4) is 6.07 Å². The molecule has 3 nitrogen and oxygen atoms in total. The van der Waals surface area contributed by atoms with Crippen LogP contribution in [0.25, 0.3) is 0 Å². The Kier molecular flexibility index (Phi) is 5.28. The fourth-order valence-corrected chi connectivity index (χ4v) is 2.98. The summed E-state index contributed by atoms with van der Waals surface area (Å²) in [6, 6.07) is 2.93. The summed E-state index contributed by atoms with van der Waals surface area (Å²) in [5.41, 5.74) is 0. The third-order valence-corrected chi connectivity index (χ3v) is 4.19. The summed E-state index contributed by atoms with van der Waals surface area (Å²) in [5, 5.41) is 12.9. The standard InChI is InChI=1S/C14H24N2O/c15-10-13-4-2-1-3-5-14(13)16-11-12-6-8-17-9-7-12/h12-14,16H,1-9,11H2. The van der Waals surface area contributed by atoms with E-state index in [-0.39, 0.29) is 5.92 Å². The number of hydrogen-bond donors (Lipinski definition) is 1. The lowest BCUT2D eigenvalue weighted by Gasteiger charge is -2.27. The fourth-order valence-electron chi connectivity index (χ4n) is 2.98. The molecule has 0 amide bonds. The Balaban J connectivity index is 1.77. The molecule has 2 atom stereocenters. The van der Waals surface area contributed by atoms with Crippen LogP contribution in [0.15, 0.2) is 0 Å². The van der Waals surface area contributed by atoms with Crippen LogP contribution in [-0.4, -0.2) is 25.8 Å². The second-order valence-electron chi connectivity index (χ2n) is 5.44. The highest BCUT2D eigenvalue weighted by Gasteiger charge is 2.24. The van der Waals surface area contributed by atoms with Crippen LogP contribution in [0.2, 0.25) is 0 Å². The number of nitrogens with one attached hydrogen (secondary N) is 1. The quantitative estimate of drug-likeness (QED) is 0.766. The van der Waals surface area contributed by atoms with Crippen LogP contribution in [0.3, 0.4) is 0 Å². The van der Waals surface area contributed by atoms with E-state index in [0.29, 0.717) is 6.04 Å². The van der Waals surface area contributed by atoms with Crippen molar-refractivity contribution in [3.05, 3.63) is 0 Å². The first-order chi connectivity index (χ1) is 8.40. The molecule has 1 saturated carbocycles. The Bertz CT molecular complexity index is 255. The minimum Gasteiger partial charge on any atom is -0.381 e. The molecule has 2 aliphatic rings. The van der Waals surface area contributed by atoms with Gasteiger partial charge in [0.15, 0.2) is 0 Å². The lowest BCUT2D eigenvalue weighted by Crippen LogP contribution is -2.39. The molecule has 3 heteroatoms. The number of hydrogen-bond acceptors (Lipinski definition) is 3. The van der Waals surface area contributed by atoms with Crippen molar-refractivity contribution in [3.63, 3.8) is 0 Å². The van der Waals surface area contributed by atoms with Crippen molar-refractivity contribution in [1.29, 1.82) is 5.26 Å². The van der Waals surface area contributed by atoms with Gasteiger partial charge in [-0.1, -0.05) is 19.3 Å². The fraction of sp³-hybridized carbons (Fsp3) is 0.929. The van der Waals surface area contributed by atoms with Gasteiger partial charge in [-0.2, -0.15) is 5.26 Å². The zero-order valence-electron chi connectivity index (χ0n) is 10.7. The zero-order valence-corrected chi connectivity index (χ0v) is 10.7. The number of nitrogens with zero attached hydrogens (tertiary/aromatic N) is 1. The van der Waals surface area contributed by atoms with Crippen LogP contribution in [0.4, 0.5) is 0 Å². The summed E-state index contributed by atoms with van der Waals surface area (Å²) in [6.07, 6.45) is 8.43. The van der Waals surface area contributed by atoms with E-state index >= 15 is 0 Å². The molecule has 1 heterocycles. The highest BCUT2D eigenvalue weighted by molar-refractivity contribution is 4.93. The summed E-state index contributed by atoms with van der Waals surface area (Å²) in [6.45, 7) is 2.91. The average Bonchev–Trinajstić information content (AvgIpc) is 2.62. The smallest absolute Gasteiger partial charge is 0.0672 e. The van der Waals surface area contributed by atoms with Gasteiger partial charge in [-0.15, -0.1) is 0 Å². The third kappa shape index (κ3) is 3.97. The van der Waals surface area contributed by atoms with E-state index in [2.05, 4.69) is 11.4 Å². The van der Waals surface area contributed by atoms with E-state index in [4.69, 9.17) is 4.74 Å². The molecule has 2 unspecified atom stereocenters. The van der Waals surface area contributed by atoms with Gasteiger partial charge >= 0.3 is 0 Å². The van der Waals surface area contributed by atoms with E-state index in [1.165, 1.54) is 38.5 Å². The summed E-state index contributed by atoms with van der Waals surface area (Å²) in [4.78, 5) is 0. The molecule has 1 N–H and O–H groups in total. The van der Waals surface area contributed by atoms with Gasteiger partial charge in [-0.3, -0.25) is 0 Å². The molecule has 0 aromatic carbocycles. The predicted octanol–water partition coefficient (Wildman–Crippen LogP) is 2.48. The first-order valence-corrected chi connectivity index (χ1v) is 7.11. The molecule has 0 aromatic heterocycles. The van der Waals surface area contributed by atoms with Gasteiger partial charge in [0.25, 0.3) is 0 Å². The van der Waals surface area contributed by atoms with Gasteiger partial charge in [0, 0.05) is 19.3 Å². The van der Waals surface area contributed by atoms with E-state index in [9.17, 15) is 5.26 Å². The Labute approximate surface area is 105 Å². The number of nitriles is 1. The SMILES string of the molecule is N#CC1CCCCCC1NCC1CCOCC1. The van der Waals surface area contributed by atoms with Gasteiger partial charge in [0.2, 0.25) is 0 Å². The summed E-state index contributed by atoms with van der Waals surface area (Å²) < 4.78 is 5.37. The molecule has 1 aliphatic heterocycles. The normalized spacial score (nSPS) is 31.7. The van der Waals surface area contributed by atoms with Gasteiger partial charge < -0.3 is 10.1 Å². The predicted molar refractivity (Wildman–Crippen MR) is 67.5 cm³/mol. The van der Waals surface area contributed by atoms with E-state index in [1.807, 2.05) is 0 Å². The highest BCUT2D eigenvalue weighted by Crippen LogP contribution is 2.23. The lowest BCUT2D eigenvalue weighted by atomic mass is 9.94. The topological polar surface area (TPSA) is 45.0 Å². The first-order valence-electron chi connectivity index (χ1n) is 7.11. The van der Waals surface area contributed by atoms with Gasteiger partial charge in [-0.05, 0) is 38.1 Å². The number of ether oxygens (including phenoxy) is 1. The monoisotopic (exact) mass is 236 g/mol. The molecular formula is C14H24N2O. The Morgan fingerprint density at radius 2 is 1.82 bits per heavy atom. The Hall–Kier alpha value is -0.590. The van der Waals surface area contributed by atoms with Crippen LogP contribution >= 0.6 is 0 Å². The molecular weight excluding hydrogens is 212 g/mol. The van der Waals surface area contributed by atoms with Crippen LogP contribution in [-0.2, 0) is 4.74 Å². The van der Waals surface area contributed by atoms with Gasteiger partial charge in [0.05, 0.1) is 12.0 Å². The second-order valence-corrected chi connectivity index (χ2v) is 5.44. The van der Waals surface area contributed by atoms with Crippen LogP contribution < -0.4 is 5.32 Å². The van der Waals surface area contributed by atoms with Crippen LogP contribution in [0.5, 0.6) is 0 Å². The molecule has 0 bridgehead atoms. The lowest BCUT2D eigenvalue weighted by molar-refractivity contribution is 0.0649. The molecule has 1 saturated heterocycles. The maximum atomic E-state index is 9.21. The summed E-state index contributed by atoms with van der Waals surface area (Å²) >= 11 is 0. The summed E-state index contributed by atoms with van der Waals surface area (Å²) in [5.74, 6) is 0.990. The minimum atomic E-state index is 0.234. The van der Waals surface area contributed by atoms with Crippen molar-refractivity contribution in [1.82, 2.24) is 5.32 Å². The van der Waals surface area contributed by atoms with E-state index in [0.717, 1.165) is 32.1 Å². The highest BCUT2D eigenvalue weighted by atomic mass is 16.5. The summed E-state index contributed by atoms with van der Waals surface area (Å²) in [7, 11) is 0. The molecule has 0 aromatic rings. The molecule has 0 spiro atoms. The van der Waals surface area contributed by atoms with E-state index < -0.39 is 0 Å². The molecule has 96 valence electrons. The second kappa shape index (κ2) is 6.98. The van der Waals surface area contributed by atoms with Crippen molar-refractivity contribution in [2.24, 2.45) is 11.8 Å². The maximum absolute atomic E-state index is 9.21. The largest absolute Gasteiger partial charge is 0.381 e. The Morgan fingerprint density at radius 3 is 2.59 bits per heavy atom. The minimum absolute atomic E-state index is 0.234. The molecule has 0 radical (unpaired) electrons. The van der Waals surface area contributed by atoms with Crippen LogP contribution in [0.1, 0.15) is 44.9 Å². The molecule has 2 fully saturated rings. The molecule has 17 heavy (non-hydrogen) atoms. The van der Waals surface area contributed by atoms with Crippen molar-refractivity contribution in [2.75, 3.05) is 19.8 Å². The first kappa shape index (κ1) is 12.9. The van der Waals surface area contributed by atoms with Crippen molar-refractivity contribution < 1.29 is 4.74 Å². The zero-order chi connectivity index (χ0) is 11.9. The Morgan fingerprint density at radius 1 is 1.06 bits per heavy atom. The third-order valence-electron chi connectivity index (χ3n) is 4.19. The molecule has 2 rings (SSSR count). The van der Waals surface area contributed by atoms with Crippen molar-refractivity contribution >= 4 is 0 Å². The molecule has 1 aliphatic carbocycles. The number of rotatable bonds is 3. The average molecular weight is 236 g/mol. The maximum Gasteiger partial charge on any atom is 0.0672 e. The van der Waals surface area contributed by atoms with Gasteiger partial charge in [-0.25, -0.2) is 0 Å². The van der Waals surface area contributed by atoms with E-state index in [1.54, 1.807) is 0 Å². The van der Waals surface area contributed by atoms with Crippen molar-refractivity contribution in [2.45, 2.75) is 51.0 Å². The van der Waals surface area contributed by atoms with Gasteiger partial charge in [0.1, 0.15) is 0 Å².